The van der Waals surface area contributed by atoms with Crippen LogP contribution in [-0.2, 0) is 28.9 Å². The Labute approximate surface area is 160 Å². The van der Waals surface area contributed by atoms with Crippen molar-refractivity contribution in [3.63, 3.8) is 0 Å². The molecule has 0 bridgehead atoms. The molecule has 2 aromatic rings. The molecule has 0 aromatic heterocycles. The lowest BCUT2D eigenvalue weighted by Gasteiger charge is -2.14. The first kappa shape index (κ1) is 20.2. The number of rotatable bonds is 8. The molecule has 0 fully saturated rings. The summed E-state index contributed by atoms with van der Waals surface area (Å²) in [6.07, 6.45) is 4.69. The summed E-state index contributed by atoms with van der Waals surface area (Å²) in [5.41, 5.74) is 4.57. The second-order valence-electron chi connectivity index (χ2n) is 6.00. The Morgan fingerprint density at radius 1 is 0.778 bits per heavy atom. The molecule has 0 aliphatic rings. The molecule has 0 saturated carbocycles. The average molecular weight is 364 g/mol. The van der Waals surface area contributed by atoms with Gasteiger partial charge in [0.2, 0.25) is 0 Å². The van der Waals surface area contributed by atoms with Crippen LogP contribution in [0.3, 0.4) is 0 Å². The van der Waals surface area contributed by atoms with Gasteiger partial charge in [0.1, 0.15) is 11.5 Å². The highest BCUT2D eigenvalue weighted by Crippen LogP contribution is 2.25. The van der Waals surface area contributed by atoms with Gasteiger partial charge >= 0.3 is 11.9 Å². The van der Waals surface area contributed by atoms with Gasteiger partial charge in [-0.25, -0.2) is 9.59 Å². The van der Waals surface area contributed by atoms with Crippen LogP contribution in [0.5, 0.6) is 11.5 Å². The van der Waals surface area contributed by atoms with E-state index in [9.17, 15) is 9.59 Å². The van der Waals surface area contributed by atoms with Gasteiger partial charge in [-0.1, -0.05) is 39.1 Å². The van der Waals surface area contributed by atoms with Crippen LogP contribution in [-0.4, -0.2) is 11.9 Å². The summed E-state index contributed by atoms with van der Waals surface area (Å²) in [6.45, 7) is 11.0. The fourth-order valence-electron chi connectivity index (χ4n) is 2.86. The van der Waals surface area contributed by atoms with Gasteiger partial charge in [-0.2, -0.15) is 0 Å². The molecule has 140 valence electrons. The quantitative estimate of drug-likeness (QED) is 0.391. The lowest BCUT2D eigenvalue weighted by Crippen LogP contribution is -2.06. The van der Waals surface area contributed by atoms with E-state index >= 15 is 0 Å². The van der Waals surface area contributed by atoms with Gasteiger partial charge in [0.05, 0.1) is 0 Å². The van der Waals surface area contributed by atoms with Crippen molar-refractivity contribution in [2.24, 2.45) is 0 Å². The summed E-state index contributed by atoms with van der Waals surface area (Å²) in [4.78, 5) is 22.8. The van der Waals surface area contributed by atoms with Gasteiger partial charge < -0.3 is 9.47 Å². The number of carbonyl (C=O) groups is 2. The van der Waals surface area contributed by atoms with Crippen LogP contribution in [0.15, 0.2) is 61.7 Å². The highest BCUT2D eigenvalue weighted by atomic mass is 16.5. The van der Waals surface area contributed by atoms with E-state index < -0.39 is 11.9 Å². The summed E-state index contributed by atoms with van der Waals surface area (Å²) in [5.74, 6) is 0.0938. The van der Waals surface area contributed by atoms with Crippen LogP contribution in [0.1, 0.15) is 36.1 Å². The Hall–Kier alpha value is -3.14. The first-order valence-electron chi connectivity index (χ1n) is 8.92. The monoisotopic (exact) mass is 364 g/mol. The van der Waals surface area contributed by atoms with Crippen LogP contribution in [0.2, 0.25) is 0 Å². The largest absolute Gasteiger partial charge is 0.423 e. The zero-order valence-corrected chi connectivity index (χ0v) is 15.8. The molecule has 27 heavy (non-hydrogen) atoms. The van der Waals surface area contributed by atoms with Gasteiger partial charge in [0.25, 0.3) is 0 Å². The molecule has 0 radical (unpaired) electrons. The molecular weight excluding hydrogens is 340 g/mol. The Balaban J connectivity index is 2.27. The number of hydrogen-bond donors (Lipinski definition) is 0. The normalized spacial score (nSPS) is 10.1. The fourth-order valence-corrected chi connectivity index (χ4v) is 2.86. The molecule has 4 nitrogen and oxygen atoms in total. The number of ether oxygens (including phenoxy) is 2. The zero-order chi connectivity index (χ0) is 19.8. The standard InChI is InChI=1S/C23H24O4/c1-5-16-14-20(26-22(24)7-3)11-9-18(16)13-19-10-12-21(15-17(19)6-2)27-23(25)8-4/h7-12,14-15H,3-6,13H2,1-2H3. The zero-order valence-electron chi connectivity index (χ0n) is 15.8. The molecule has 0 aliphatic heterocycles. The number of carbonyl (C=O) groups excluding carboxylic acids is 2. The van der Waals surface area contributed by atoms with Crippen LogP contribution in [0.4, 0.5) is 0 Å². The Morgan fingerprint density at radius 3 is 1.52 bits per heavy atom. The van der Waals surface area contributed by atoms with Crippen molar-refractivity contribution >= 4 is 11.9 Å². The van der Waals surface area contributed by atoms with E-state index in [2.05, 4.69) is 27.0 Å². The summed E-state index contributed by atoms with van der Waals surface area (Å²) in [6, 6.07) is 11.3. The number of hydrogen-bond acceptors (Lipinski definition) is 4. The van der Waals surface area contributed by atoms with E-state index in [0.717, 1.165) is 42.5 Å². The molecule has 0 spiro atoms. The predicted molar refractivity (Wildman–Crippen MR) is 106 cm³/mol. The maximum absolute atomic E-state index is 11.4. The van der Waals surface area contributed by atoms with E-state index in [1.165, 1.54) is 11.1 Å². The van der Waals surface area contributed by atoms with Crippen molar-refractivity contribution in [2.45, 2.75) is 33.1 Å². The maximum atomic E-state index is 11.4. The van der Waals surface area contributed by atoms with Gasteiger partial charge in [0, 0.05) is 12.2 Å². The summed E-state index contributed by atoms with van der Waals surface area (Å²) in [7, 11) is 0. The van der Waals surface area contributed by atoms with Crippen molar-refractivity contribution in [3.8, 4) is 11.5 Å². The minimum absolute atomic E-state index is 0.470. The summed E-state index contributed by atoms with van der Waals surface area (Å²) < 4.78 is 10.4. The Kier molecular flexibility index (Phi) is 7.12. The van der Waals surface area contributed by atoms with Gasteiger partial charge in [-0.05, 0) is 65.8 Å². The first-order valence-corrected chi connectivity index (χ1v) is 8.92. The molecule has 4 heteroatoms. The SMILES string of the molecule is C=CC(=O)Oc1ccc(Cc2ccc(OC(=O)C=C)cc2CC)c(CC)c1. The van der Waals surface area contributed by atoms with Crippen molar-refractivity contribution in [1.29, 1.82) is 0 Å². The molecule has 2 aromatic carbocycles. The molecular formula is C23H24O4. The molecule has 0 unspecified atom stereocenters. The van der Waals surface area contributed by atoms with Crippen molar-refractivity contribution < 1.29 is 19.1 Å². The molecule has 0 heterocycles. The van der Waals surface area contributed by atoms with E-state index in [1.807, 2.05) is 24.3 Å². The third-order valence-electron chi connectivity index (χ3n) is 4.27. The third kappa shape index (κ3) is 5.42. The summed E-state index contributed by atoms with van der Waals surface area (Å²) in [5, 5.41) is 0. The van der Waals surface area contributed by atoms with E-state index in [1.54, 1.807) is 12.1 Å². The minimum Gasteiger partial charge on any atom is -0.423 e. The van der Waals surface area contributed by atoms with Crippen LogP contribution >= 0.6 is 0 Å². The topological polar surface area (TPSA) is 52.6 Å². The number of aryl methyl sites for hydroxylation is 2. The van der Waals surface area contributed by atoms with E-state index in [0.29, 0.717) is 11.5 Å². The third-order valence-corrected chi connectivity index (χ3v) is 4.27. The van der Waals surface area contributed by atoms with Crippen LogP contribution in [0, 0.1) is 0 Å². The smallest absolute Gasteiger partial charge is 0.335 e. The number of benzene rings is 2. The van der Waals surface area contributed by atoms with Crippen molar-refractivity contribution in [1.82, 2.24) is 0 Å². The highest BCUT2D eigenvalue weighted by molar-refractivity contribution is 5.83. The maximum Gasteiger partial charge on any atom is 0.335 e. The minimum atomic E-state index is -0.470. The van der Waals surface area contributed by atoms with Crippen molar-refractivity contribution in [3.05, 3.63) is 84.0 Å². The Morgan fingerprint density at radius 2 is 1.19 bits per heavy atom. The lowest BCUT2D eigenvalue weighted by atomic mass is 9.94. The van der Waals surface area contributed by atoms with E-state index in [-0.39, 0.29) is 0 Å². The molecule has 0 aliphatic carbocycles. The fraction of sp³-hybridized carbons (Fsp3) is 0.217. The van der Waals surface area contributed by atoms with Crippen molar-refractivity contribution in [2.75, 3.05) is 0 Å². The number of esters is 2. The Bertz CT molecular complexity index is 793. The second-order valence-corrected chi connectivity index (χ2v) is 6.00. The van der Waals surface area contributed by atoms with Gasteiger partial charge in [-0.3, -0.25) is 0 Å². The van der Waals surface area contributed by atoms with Crippen LogP contribution in [0.25, 0.3) is 0 Å². The molecule has 0 atom stereocenters. The molecule has 2 rings (SSSR count). The molecule has 0 amide bonds. The average Bonchev–Trinajstić information content (AvgIpc) is 2.69. The van der Waals surface area contributed by atoms with Crippen LogP contribution < -0.4 is 9.47 Å². The van der Waals surface area contributed by atoms with E-state index in [4.69, 9.17) is 9.47 Å². The van der Waals surface area contributed by atoms with Gasteiger partial charge in [-0.15, -0.1) is 0 Å². The highest BCUT2D eigenvalue weighted by Gasteiger charge is 2.10. The molecule has 0 N–H and O–H groups in total. The predicted octanol–water partition coefficient (Wildman–Crippen LogP) is 4.59. The summed E-state index contributed by atoms with van der Waals surface area (Å²) >= 11 is 0. The van der Waals surface area contributed by atoms with Gasteiger partial charge in [0.15, 0.2) is 0 Å². The molecule has 0 saturated heterocycles. The first-order chi connectivity index (χ1) is 13.0. The second kappa shape index (κ2) is 9.53. The lowest BCUT2D eigenvalue weighted by molar-refractivity contribution is -0.129.